The molecule has 2 N–H and O–H groups in total. The Morgan fingerprint density at radius 2 is 2.04 bits per heavy atom. The second-order valence-corrected chi connectivity index (χ2v) is 6.06. The maximum atomic E-state index is 14.4. The normalized spacial score (nSPS) is 21.1. The third kappa shape index (κ3) is 5.10. The second kappa shape index (κ2) is 8.15. The molecule has 2 atom stereocenters. The number of benzene rings is 1. The maximum absolute atomic E-state index is 14.4. The van der Waals surface area contributed by atoms with Gasteiger partial charge in [-0.25, -0.2) is 9.18 Å². The van der Waals surface area contributed by atoms with Gasteiger partial charge in [0.25, 0.3) is 0 Å². The Bertz CT molecular complexity index is 529. The quantitative estimate of drug-likeness (QED) is 0.817. The highest BCUT2D eigenvalue weighted by Gasteiger charge is 2.24. The summed E-state index contributed by atoms with van der Waals surface area (Å²) in [5, 5.41) is 5.40. The summed E-state index contributed by atoms with van der Waals surface area (Å²) >= 11 is 0. The number of nitrogens with zero attached hydrogens (tertiary/aromatic N) is 1. The van der Waals surface area contributed by atoms with Gasteiger partial charge in [0.1, 0.15) is 5.82 Å². The Morgan fingerprint density at radius 1 is 1.35 bits per heavy atom. The van der Waals surface area contributed by atoms with E-state index in [4.69, 9.17) is 4.74 Å². The molecule has 1 aromatic carbocycles. The molecule has 1 heterocycles. The van der Waals surface area contributed by atoms with Gasteiger partial charge >= 0.3 is 6.03 Å². The molecule has 2 unspecified atom stereocenters. The molecule has 1 aliphatic heterocycles. The van der Waals surface area contributed by atoms with Crippen molar-refractivity contribution in [2.45, 2.75) is 45.8 Å². The number of hydrogen-bond acceptors (Lipinski definition) is 3. The van der Waals surface area contributed by atoms with Crippen LogP contribution in [0.3, 0.4) is 0 Å². The van der Waals surface area contributed by atoms with Gasteiger partial charge in [0.15, 0.2) is 0 Å². The predicted octanol–water partition coefficient (Wildman–Crippen LogP) is 3.36. The first-order valence-electron chi connectivity index (χ1n) is 8.24. The largest absolute Gasteiger partial charge is 0.372 e. The van der Waals surface area contributed by atoms with Crippen LogP contribution in [-0.2, 0) is 4.74 Å². The molecule has 23 heavy (non-hydrogen) atoms. The minimum atomic E-state index is -0.336. The number of urea groups is 1. The average Bonchev–Trinajstić information content (AvgIpc) is 2.46. The number of anilines is 2. The summed E-state index contributed by atoms with van der Waals surface area (Å²) in [4.78, 5) is 13.7. The second-order valence-electron chi connectivity index (χ2n) is 6.06. The van der Waals surface area contributed by atoms with Gasteiger partial charge in [-0.15, -0.1) is 0 Å². The van der Waals surface area contributed by atoms with Crippen LogP contribution in [0.2, 0.25) is 0 Å². The van der Waals surface area contributed by atoms with Crippen molar-refractivity contribution in [1.29, 1.82) is 0 Å². The van der Waals surface area contributed by atoms with Gasteiger partial charge in [-0.3, -0.25) is 0 Å². The Morgan fingerprint density at radius 3 is 2.65 bits per heavy atom. The lowest BCUT2D eigenvalue weighted by atomic mass is 10.2. The van der Waals surface area contributed by atoms with E-state index in [1.165, 1.54) is 6.07 Å². The molecule has 6 heteroatoms. The van der Waals surface area contributed by atoms with Gasteiger partial charge < -0.3 is 20.3 Å². The number of halogens is 1. The monoisotopic (exact) mass is 323 g/mol. The van der Waals surface area contributed by atoms with E-state index in [-0.39, 0.29) is 24.1 Å². The van der Waals surface area contributed by atoms with Crippen LogP contribution in [-0.4, -0.2) is 37.9 Å². The molecular formula is C17H26FN3O2. The van der Waals surface area contributed by atoms with E-state index in [0.29, 0.717) is 31.0 Å². The zero-order chi connectivity index (χ0) is 16.8. The van der Waals surface area contributed by atoms with Crippen molar-refractivity contribution in [3.05, 3.63) is 24.0 Å². The van der Waals surface area contributed by atoms with E-state index in [1.54, 1.807) is 12.1 Å². The Hall–Kier alpha value is -1.82. The van der Waals surface area contributed by atoms with Gasteiger partial charge in [0, 0.05) is 25.3 Å². The first kappa shape index (κ1) is 17.5. The fraction of sp³-hybridized carbons (Fsp3) is 0.588. The highest BCUT2D eigenvalue weighted by Crippen LogP contribution is 2.26. The summed E-state index contributed by atoms with van der Waals surface area (Å²) in [6.07, 6.45) is 2.08. The molecule has 0 spiro atoms. The first-order valence-corrected chi connectivity index (χ1v) is 8.24. The molecule has 1 fully saturated rings. The Labute approximate surface area is 137 Å². The lowest BCUT2D eigenvalue weighted by molar-refractivity contribution is -0.00539. The molecule has 1 aliphatic rings. The van der Waals surface area contributed by atoms with E-state index in [9.17, 15) is 9.18 Å². The third-order valence-corrected chi connectivity index (χ3v) is 3.78. The van der Waals surface area contributed by atoms with Crippen molar-refractivity contribution in [2.24, 2.45) is 0 Å². The molecule has 1 aromatic rings. The number of morpholine rings is 1. The Balaban J connectivity index is 1.99. The summed E-state index contributed by atoms with van der Waals surface area (Å²) in [6.45, 7) is 7.96. The number of amides is 2. The highest BCUT2D eigenvalue weighted by molar-refractivity contribution is 5.89. The molecule has 1 saturated heterocycles. The van der Waals surface area contributed by atoms with E-state index in [1.807, 2.05) is 18.7 Å². The molecule has 2 amide bonds. The van der Waals surface area contributed by atoms with Crippen LogP contribution < -0.4 is 15.5 Å². The topological polar surface area (TPSA) is 53.6 Å². The molecule has 0 aliphatic carbocycles. The smallest absolute Gasteiger partial charge is 0.319 e. The molecule has 0 radical (unpaired) electrons. The van der Waals surface area contributed by atoms with Crippen molar-refractivity contribution in [1.82, 2.24) is 5.32 Å². The number of rotatable bonds is 5. The molecule has 0 bridgehead atoms. The van der Waals surface area contributed by atoms with E-state index in [0.717, 1.165) is 12.8 Å². The number of unbranched alkanes of at least 4 members (excludes halogenated alkanes) is 1. The predicted molar refractivity (Wildman–Crippen MR) is 90.6 cm³/mol. The lowest BCUT2D eigenvalue weighted by Gasteiger charge is -2.37. The van der Waals surface area contributed by atoms with Gasteiger partial charge in [-0.2, -0.15) is 0 Å². The molecule has 128 valence electrons. The van der Waals surface area contributed by atoms with E-state index < -0.39 is 0 Å². The van der Waals surface area contributed by atoms with Gasteiger partial charge in [0.2, 0.25) is 0 Å². The summed E-state index contributed by atoms with van der Waals surface area (Å²) in [5.41, 5.74) is 0.999. The summed E-state index contributed by atoms with van der Waals surface area (Å²) < 4.78 is 20.1. The van der Waals surface area contributed by atoms with Crippen LogP contribution in [0.5, 0.6) is 0 Å². The van der Waals surface area contributed by atoms with Gasteiger partial charge in [-0.05, 0) is 38.5 Å². The molecule has 2 rings (SSSR count). The maximum Gasteiger partial charge on any atom is 0.319 e. The van der Waals surface area contributed by atoms with Crippen LogP contribution >= 0.6 is 0 Å². The summed E-state index contributed by atoms with van der Waals surface area (Å²) in [7, 11) is 0. The van der Waals surface area contributed by atoms with Crippen LogP contribution in [0, 0.1) is 5.82 Å². The van der Waals surface area contributed by atoms with Crippen molar-refractivity contribution < 1.29 is 13.9 Å². The Kier molecular flexibility index (Phi) is 6.21. The van der Waals surface area contributed by atoms with Crippen LogP contribution in [0.15, 0.2) is 18.2 Å². The number of carbonyl (C=O) groups is 1. The van der Waals surface area contributed by atoms with Crippen molar-refractivity contribution in [2.75, 3.05) is 29.9 Å². The number of carbonyl (C=O) groups excluding carboxylic acids is 1. The van der Waals surface area contributed by atoms with E-state index >= 15 is 0 Å². The minimum absolute atomic E-state index is 0.0697. The molecule has 5 nitrogen and oxygen atoms in total. The van der Waals surface area contributed by atoms with Crippen molar-refractivity contribution in [3.63, 3.8) is 0 Å². The van der Waals surface area contributed by atoms with Crippen molar-refractivity contribution in [3.8, 4) is 0 Å². The number of hydrogen-bond donors (Lipinski definition) is 2. The van der Waals surface area contributed by atoms with Gasteiger partial charge in [0.05, 0.1) is 17.9 Å². The lowest BCUT2D eigenvalue weighted by Crippen LogP contribution is -2.45. The zero-order valence-corrected chi connectivity index (χ0v) is 14.1. The average molecular weight is 323 g/mol. The van der Waals surface area contributed by atoms with Crippen LogP contribution in [0.4, 0.5) is 20.6 Å². The fourth-order valence-electron chi connectivity index (χ4n) is 2.77. The third-order valence-electron chi connectivity index (χ3n) is 3.78. The standard InChI is InChI=1S/C17H26FN3O2/c1-4-5-8-19-17(22)20-14-6-7-16(15(18)9-14)21-10-12(2)23-13(3)11-21/h6-7,9,12-13H,4-5,8,10-11H2,1-3H3,(H2,19,20,22). The van der Waals surface area contributed by atoms with Crippen LogP contribution in [0.1, 0.15) is 33.6 Å². The number of nitrogens with one attached hydrogen (secondary N) is 2. The summed E-state index contributed by atoms with van der Waals surface area (Å²) in [6, 6.07) is 4.49. The highest BCUT2D eigenvalue weighted by atomic mass is 19.1. The van der Waals surface area contributed by atoms with Gasteiger partial charge in [-0.1, -0.05) is 13.3 Å². The van der Waals surface area contributed by atoms with Crippen molar-refractivity contribution >= 4 is 17.4 Å². The summed E-state index contributed by atoms with van der Waals surface area (Å²) in [5.74, 6) is -0.336. The van der Waals surface area contributed by atoms with E-state index in [2.05, 4.69) is 17.6 Å². The number of ether oxygens (including phenoxy) is 1. The molecular weight excluding hydrogens is 297 g/mol. The fourth-order valence-corrected chi connectivity index (χ4v) is 2.77. The minimum Gasteiger partial charge on any atom is -0.372 e. The van der Waals surface area contributed by atoms with Crippen LogP contribution in [0.25, 0.3) is 0 Å². The zero-order valence-electron chi connectivity index (χ0n) is 14.1. The SMILES string of the molecule is CCCCNC(=O)Nc1ccc(N2CC(C)OC(C)C2)c(F)c1. The molecule has 0 aromatic heterocycles. The molecule has 0 saturated carbocycles. The first-order chi connectivity index (χ1) is 11.0.